The fourth-order valence-corrected chi connectivity index (χ4v) is 3.41. The number of hydrogen-bond acceptors (Lipinski definition) is 3. The van der Waals surface area contributed by atoms with Gasteiger partial charge in [0.15, 0.2) is 0 Å². The first-order chi connectivity index (χ1) is 12.2. The second-order valence-electron chi connectivity index (χ2n) is 7.41. The predicted octanol–water partition coefficient (Wildman–Crippen LogP) is 5.37. The molecule has 0 amide bonds. The third-order valence-corrected chi connectivity index (χ3v) is 5.07. The van der Waals surface area contributed by atoms with E-state index in [1.54, 1.807) is 0 Å². The summed E-state index contributed by atoms with van der Waals surface area (Å²) in [6, 6.07) is 0. The van der Waals surface area contributed by atoms with Crippen molar-refractivity contribution in [3.05, 3.63) is 12.2 Å². The lowest BCUT2D eigenvalue weighted by molar-refractivity contribution is -0.00314. The Morgan fingerprint density at radius 2 is 1.16 bits per heavy atom. The Morgan fingerprint density at radius 1 is 0.640 bits per heavy atom. The summed E-state index contributed by atoms with van der Waals surface area (Å²) in [5, 5.41) is 29.9. The van der Waals surface area contributed by atoms with Crippen LogP contribution in [0.4, 0.5) is 0 Å². The van der Waals surface area contributed by atoms with Crippen molar-refractivity contribution < 1.29 is 15.3 Å². The largest absolute Gasteiger partial charge is 0.396 e. The molecule has 0 rings (SSSR count). The highest BCUT2D eigenvalue weighted by atomic mass is 16.3. The minimum absolute atomic E-state index is 0.0404. The van der Waals surface area contributed by atoms with Gasteiger partial charge in [0.1, 0.15) is 0 Å². The topological polar surface area (TPSA) is 60.7 Å². The summed E-state index contributed by atoms with van der Waals surface area (Å²) < 4.78 is 0. The van der Waals surface area contributed by atoms with Gasteiger partial charge in [-0.25, -0.2) is 0 Å². The van der Waals surface area contributed by atoms with Gasteiger partial charge in [-0.1, -0.05) is 77.4 Å². The van der Waals surface area contributed by atoms with E-state index in [0.29, 0.717) is 0 Å². The van der Waals surface area contributed by atoms with Crippen molar-refractivity contribution in [1.82, 2.24) is 0 Å². The van der Waals surface area contributed by atoms with E-state index in [1.807, 2.05) is 6.08 Å². The summed E-state index contributed by atoms with van der Waals surface area (Å²) in [4.78, 5) is 0. The number of aliphatic hydroxyl groups is 3. The van der Waals surface area contributed by atoms with Gasteiger partial charge in [-0.05, 0) is 38.5 Å². The molecule has 0 spiro atoms. The van der Waals surface area contributed by atoms with Crippen LogP contribution in [-0.2, 0) is 0 Å². The maximum Gasteiger partial charge on any atom is 0.0593 e. The lowest BCUT2D eigenvalue weighted by Gasteiger charge is -2.28. The third-order valence-electron chi connectivity index (χ3n) is 5.07. The van der Waals surface area contributed by atoms with E-state index in [4.69, 9.17) is 5.11 Å². The molecule has 2 unspecified atom stereocenters. The zero-order valence-electron chi connectivity index (χ0n) is 16.8. The quantitative estimate of drug-likeness (QED) is 0.228. The Labute approximate surface area is 156 Å². The molecule has 3 heteroatoms. The van der Waals surface area contributed by atoms with Gasteiger partial charge in [-0.15, -0.1) is 0 Å². The van der Waals surface area contributed by atoms with Gasteiger partial charge in [-0.3, -0.25) is 0 Å². The molecule has 0 aromatic carbocycles. The lowest BCUT2D eigenvalue weighted by atomic mass is 9.85. The molecule has 2 atom stereocenters. The second kappa shape index (κ2) is 18.4. The van der Waals surface area contributed by atoms with E-state index in [2.05, 4.69) is 19.9 Å². The fourth-order valence-electron chi connectivity index (χ4n) is 3.41. The zero-order chi connectivity index (χ0) is 18.8. The second-order valence-corrected chi connectivity index (χ2v) is 7.41. The standard InChI is InChI=1S/C22H44O3/c1-3-5-12-17-21(24)20(22(25)18-13-6-4-2)16-14-10-8-7-9-11-15-19-23/h9,11,20-25H,3-8,10,12-19H2,1-2H3/b11-9+. The number of aliphatic hydroxyl groups excluding tert-OH is 3. The van der Waals surface area contributed by atoms with E-state index in [0.717, 1.165) is 77.0 Å². The smallest absolute Gasteiger partial charge is 0.0593 e. The van der Waals surface area contributed by atoms with Crippen molar-refractivity contribution in [3.8, 4) is 0 Å². The van der Waals surface area contributed by atoms with Crippen LogP contribution in [0.15, 0.2) is 12.2 Å². The van der Waals surface area contributed by atoms with Gasteiger partial charge >= 0.3 is 0 Å². The molecular weight excluding hydrogens is 312 g/mol. The van der Waals surface area contributed by atoms with Crippen LogP contribution < -0.4 is 0 Å². The first kappa shape index (κ1) is 24.6. The summed E-state index contributed by atoms with van der Waals surface area (Å²) >= 11 is 0. The minimum atomic E-state index is -0.354. The van der Waals surface area contributed by atoms with Gasteiger partial charge in [0.25, 0.3) is 0 Å². The highest BCUT2D eigenvalue weighted by Crippen LogP contribution is 2.25. The van der Waals surface area contributed by atoms with Crippen molar-refractivity contribution in [2.75, 3.05) is 6.61 Å². The molecular formula is C22H44O3. The number of rotatable bonds is 18. The average molecular weight is 357 g/mol. The SMILES string of the molecule is CCCCCC(O)C(CCCCC/C=C/CCO)C(O)CCCCC. The van der Waals surface area contributed by atoms with Crippen molar-refractivity contribution >= 4 is 0 Å². The molecule has 0 radical (unpaired) electrons. The molecule has 3 N–H and O–H groups in total. The van der Waals surface area contributed by atoms with Crippen LogP contribution in [0.3, 0.4) is 0 Å². The molecule has 150 valence electrons. The zero-order valence-corrected chi connectivity index (χ0v) is 16.8. The molecule has 0 aromatic heterocycles. The maximum atomic E-state index is 10.6. The van der Waals surface area contributed by atoms with Crippen molar-refractivity contribution in [2.45, 2.75) is 116 Å². The van der Waals surface area contributed by atoms with Crippen LogP contribution in [0.5, 0.6) is 0 Å². The van der Waals surface area contributed by atoms with Crippen molar-refractivity contribution in [3.63, 3.8) is 0 Å². The Morgan fingerprint density at radius 3 is 1.68 bits per heavy atom. The Bertz CT molecular complexity index is 275. The Kier molecular flexibility index (Phi) is 18.1. The minimum Gasteiger partial charge on any atom is -0.396 e. The molecule has 25 heavy (non-hydrogen) atoms. The Balaban J connectivity index is 4.18. The van der Waals surface area contributed by atoms with E-state index in [9.17, 15) is 10.2 Å². The van der Waals surface area contributed by atoms with E-state index in [-0.39, 0.29) is 24.7 Å². The van der Waals surface area contributed by atoms with Crippen LogP contribution in [0.2, 0.25) is 0 Å². The number of hydrogen-bond donors (Lipinski definition) is 3. The molecule has 0 heterocycles. The van der Waals surface area contributed by atoms with Gasteiger partial charge in [0.05, 0.1) is 12.2 Å². The highest BCUT2D eigenvalue weighted by molar-refractivity contribution is 4.81. The summed E-state index contributed by atoms with van der Waals surface area (Å²) in [6.07, 6.45) is 18.0. The first-order valence-electron chi connectivity index (χ1n) is 10.8. The molecule has 0 fully saturated rings. The fraction of sp³-hybridized carbons (Fsp3) is 0.909. The predicted molar refractivity (Wildman–Crippen MR) is 108 cm³/mol. The summed E-state index contributed by atoms with van der Waals surface area (Å²) in [5.74, 6) is 0.0404. The number of unbranched alkanes of at least 4 members (excludes halogenated alkanes) is 7. The highest BCUT2D eigenvalue weighted by Gasteiger charge is 2.25. The monoisotopic (exact) mass is 356 g/mol. The van der Waals surface area contributed by atoms with Crippen LogP contribution in [0, 0.1) is 5.92 Å². The lowest BCUT2D eigenvalue weighted by Crippen LogP contribution is -2.32. The maximum absolute atomic E-state index is 10.6. The third kappa shape index (κ3) is 14.5. The molecule has 0 bridgehead atoms. The summed E-state index contributed by atoms with van der Waals surface area (Å²) in [7, 11) is 0. The molecule has 0 saturated heterocycles. The Hall–Kier alpha value is -0.380. The molecule has 0 aliphatic carbocycles. The van der Waals surface area contributed by atoms with Crippen LogP contribution in [-0.4, -0.2) is 34.1 Å². The van der Waals surface area contributed by atoms with Crippen LogP contribution >= 0.6 is 0 Å². The van der Waals surface area contributed by atoms with Gasteiger partial charge in [0.2, 0.25) is 0 Å². The van der Waals surface area contributed by atoms with E-state index >= 15 is 0 Å². The molecule has 0 aliphatic heterocycles. The molecule has 0 aliphatic rings. The van der Waals surface area contributed by atoms with Gasteiger partial charge in [0, 0.05) is 12.5 Å². The summed E-state index contributed by atoms with van der Waals surface area (Å²) in [5.41, 5.74) is 0. The molecule has 0 saturated carbocycles. The van der Waals surface area contributed by atoms with Gasteiger partial charge in [-0.2, -0.15) is 0 Å². The first-order valence-corrected chi connectivity index (χ1v) is 10.8. The molecule has 3 nitrogen and oxygen atoms in total. The normalized spacial score (nSPS) is 15.6. The average Bonchev–Trinajstić information content (AvgIpc) is 2.60. The van der Waals surface area contributed by atoms with Crippen molar-refractivity contribution in [2.24, 2.45) is 5.92 Å². The van der Waals surface area contributed by atoms with E-state index < -0.39 is 0 Å². The van der Waals surface area contributed by atoms with Crippen molar-refractivity contribution in [1.29, 1.82) is 0 Å². The number of allylic oxidation sites excluding steroid dienone is 1. The van der Waals surface area contributed by atoms with Crippen LogP contribution in [0.25, 0.3) is 0 Å². The van der Waals surface area contributed by atoms with E-state index in [1.165, 1.54) is 12.8 Å². The van der Waals surface area contributed by atoms with Gasteiger partial charge < -0.3 is 15.3 Å². The summed E-state index contributed by atoms with van der Waals surface area (Å²) in [6.45, 7) is 4.58. The molecule has 0 aromatic rings. The van der Waals surface area contributed by atoms with Crippen LogP contribution in [0.1, 0.15) is 104 Å².